The predicted octanol–water partition coefficient (Wildman–Crippen LogP) is 4.91. The molecule has 15 N–H and O–H groups in total. The number of ether oxygens (including phenoxy) is 4. The summed E-state index contributed by atoms with van der Waals surface area (Å²) >= 11 is 0. The van der Waals surface area contributed by atoms with Crippen LogP contribution in [0, 0.1) is 40.4 Å². The largest absolute Gasteiger partial charge is 0.464 e. The Hall–Kier alpha value is -11.0. The number of hydrogen-bond donors (Lipinski definition) is 15. The predicted molar refractivity (Wildman–Crippen MR) is 437 cm³/mol. The number of esters is 1. The zero-order chi connectivity index (χ0) is 88.5. The van der Waals surface area contributed by atoms with Crippen LogP contribution in [0.25, 0.3) is 0 Å². The number of carbonyl (C=O) groups excluding carboxylic acids is 15. The molecule has 650 valence electrons. The molecule has 0 spiro atoms. The minimum atomic E-state index is -2.07. The summed E-state index contributed by atoms with van der Waals surface area (Å²) in [4.78, 5) is 216. The zero-order valence-electron chi connectivity index (χ0n) is 70.3. The molecule has 2 heterocycles. The van der Waals surface area contributed by atoms with Gasteiger partial charge in [-0.25, -0.2) is 14.4 Å². The van der Waals surface area contributed by atoms with Crippen LogP contribution in [0.15, 0.2) is 97.6 Å². The lowest BCUT2D eigenvalue weighted by Crippen LogP contribution is -2.61. The van der Waals surface area contributed by atoms with Gasteiger partial charge in [0.05, 0.1) is 54.2 Å². The minimum Gasteiger partial charge on any atom is -0.464 e. The summed E-state index contributed by atoms with van der Waals surface area (Å²) < 4.78 is 21.5. The van der Waals surface area contributed by atoms with Gasteiger partial charge in [-0.1, -0.05) is 92.7 Å². The van der Waals surface area contributed by atoms with Crippen molar-refractivity contribution in [2.24, 2.45) is 29.6 Å². The maximum Gasteiger partial charge on any atom is 0.407 e. The van der Waals surface area contributed by atoms with Crippen molar-refractivity contribution in [3.63, 3.8) is 0 Å². The van der Waals surface area contributed by atoms with Gasteiger partial charge < -0.3 is 98.5 Å². The van der Waals surface area contributed by atoms with Gasteiger partial charge in [-0.3, -0.25) is 57.5 Å². The van der Waals surface area contributed by atoms with Crippen LogP contribution in [0.5, 0.6) is 0 Å². The molecule has 14 atom stereocenters. The highest BCUT2D eigenvalue weighted by atomic mass is 16.6. The molecule has 0 saturated carbocycles. The Morgan fingerprint density at radius 3 is 1.67 bits per heavy atom. The number of nitrogens with one attached hydrogen (secondary N) is 13. The van der Waals surface area contributed by atoms with Crippen molar-refractivity contribution in [3.05, 3.63) is 109 Å². The molecule has 0 radical (unpaired) electrons. The summed E-state index contributed by atoms with van der Waals surface area (Å²) in [6.07, 6.45) is -4.29. The zero-order valence-corrected chi connectivity index (χ0v) is 70.3. The molecule has 1 saturated heterocycles. The molecule has 4 rings (SSSR count). The topological polar surface area (TPSA) is 513 Å². The summed E-state index contributed by atoms with van der Waals surface area (Å²) in [5.74, 6) is -20.1. The van der Waals surface area contributed by atoms with Gasteiger partial charge in [-0.05, 0) is 176 Å². The molecule has 2 aromatic rings. The van der Waals surface area contributed by atoms with E-state index in [2.05, 4.69) is 71.6 Å². The summed E-state index contributed by atoms with van der Waals surface area (Å²) in [6, 6.07) is 5.42. The number of unbranched alkanes of at least 4 members (excludes halogenated alkanes) is 1. The van der Waals surface area contributed by atoms with Crippen molar-refractivity contribution in [1.82, 2.24) is 58.5 Å². The van der Waals surface area contributed by atoms with E-state index >= 15 is 19.2 Å². The van der Waals surface area contributed by atoms with Crippen LogP contribution >= 0.6 is 0 Å². The third-order valence-electron chi connectivity index (χ3n) is 18.7. The first-order chi connectivity index (χ1) is 55.2. The van der Waals surface area contributed by atoms with E-state index in [1.54, 1.807) is 143 Å². The summed E-state index contributed by atoms with van der Waals surface area (Å²) in [6.45, 7) is 27.3. The quantitative estimate of drug-likeness (QED) is 0.0116. The third-order valence-corrected chi connectivity index (χ3v) is 18.7. The van der Waals surface area contributed by atoms with Crippen molar-refractivity contribution in [2.75, 3.05) is 32.8 Å². The van der Waals surface area contributed by atoms with Gasteiger partial charge in [-0.15, -0.1) is 13.2 Å². The standard InChI is InChI=1S/C84H123N13O21/c1-17-19-23-33-59-73(106)96-62(44-51-28-24-21-25-29-51)67(100)48(5)43-53(42-47(3)4)70(103)92-60(37-41-90-81(114)118-84(14,15)16)74(107)91-57(35-40-89-80(113)117-83(11,12)13)69(102)65(86)63(49(6)98)76(109)87-39-36-61(75(108)93-59)94-72(105)58(32-20-18-2)95-77(110)66(50(7)99)97-71(104)55(34-38-88-79(112)116-82(8,9)10)64(85)68(101)56-45-54(46-115-78(56)111)52-30-26-22-27-31-52/h17-18,21-22,24-31,43,47,49-50,53-63,66,85-86,98-99H,1-2,19-20,23,32-42,44-46H2,3-16H3,(H,87,109)(H,88,112)(H,89,113)(H,90,114)(H,91,107)(H,92,103)(H,93,108)(H,94,105)(H,95,110)(H,96,106)(H,97,104)/b48-43-,85-64?,86-65?/t49-,50?,53+,54?,55+,56?,57-,58-,59-,60-,61-,62+,63+,66-/m0/s1. The number of ketones is 3. The molecule has 2 aromatic carbocycles. The van der Waals surface area contributed by atoms with E-state index in [1.165, 1.54) is 19.1 Å². The van der Waals surface area contributed by atoms with E-state index in [9.17, 15) is 73.8 Å². The molecule has 118 heavy (non-hydrogen) atoms. The Kier molecular flexibility index (Phi) is 39.9. The van der Waals surface area contributed by atoms with E-state index < -0.39 is 240 Å². The molecule has 0 bridgehead atoms. The van der Waals surface area contributed by atoms with Gasteiger partial charge in [-0.2, -0.15) is 0 Å². The van der Waals surface area contributed by atoms with Crippen LogP contribution in [0.4, 0.5) is 14.4 Å². The first-order valence-corrected chi connectivity index (χ1v) is 39.9. The number of benzene rings is 2. The first-order valence-electron chi connectivity index (χ1n) is 39.9. The van der Waals surface area contributed by atoms with Crippen LogP contribution in [0.3, 0.4) is 0 Å². The molecule has 1 fully saturated rings. The van der Waals surface area contributed by atoms with Crippen LogP contribution < -0.4 is 58.5 Å². The Morgan fingerprint density at radius 1 is 0.619 bits per heavy atom. The van der Waals surface area contributed by atoms with Gasteiger partial charge in [0.15, 0.2) is 17.3 Å². The Morgan fingerprint density at radius 2 is 1.14 bits per heavy atom. The molecule has 34 nitrogen and oxygen atoms in total. The highest BCUT2D eigenvalue weighted by Gasteiger charge is 2.44. The van der Waals surface area contributed by atoms with Gasteiger partial charge >= 0.3 is 24.2 Å². The molecular weight excluding hydrogens is 1530 g/mol. The molecule has 11 amide bonds. The maximum absolute atomic E-state index is 15.2. The van der Waals surface area contributed by atoms with Crippen molar-refractivity contribution >= 4 is 100 Å². The number of carbonyl (C=O) groups is 15. The molecular formula is C84H123N13O21. The number of Topliss-reactive ketones (excluding diaryl/α,β-unsaturated/α-hetero) is 3. The molecule has 0 aliphatic carbocycles. The highest BCUT2D eigenvalue weighted by Crippen LogP contribution is 2.32. The van der Waals surface area contributed by atoms with Gasteiger partial charge in [0, 0.05) is 38.5 Å². The number of rotatable bonds is 32. The van der Waals surface area contributed by atoms with Gasteiger partial charge in [0.2, 0.25) is 47.3 Å². The minimum absolute atomic E-state index is 0.0289. The second kappa shape index (κ2) is 47.4. The van der Waals surface area contributed by atoms with E-state index in [1.807, 2.05) is 0 Å². The average molecular weight is 1650 g/mol. The molecule has 3 unspecified atom stereocenters. The number of aliphatic hydroxyl groups excluding tert-OH is 2. The first kappa shape index (κ1) is 99.3. The lowest BCUT2D eigenvalue weighted by Gasteiger charge is -2.30. The van der Waals surface area contributed by atoms with E-state index in [-0.39, 0.29) is 76.0 Å². The normalized spacial score (nSPS) is 22.2. The van der Waals surface area contributed by atoms with Crippen molar-refractivity contribution in [3.8, 4) is 0 Å². The molecule has 0 aromatic heterocycles. The fourth-order valence-electron chi connectivity index (χ4n) is 12.8. The SMILES string of the molecule is C=CCCC[C@@H]1NC(=O)[C@@H](NC(=O)[C@H](CCC=C)NC(=O)[C@@H](NC(=O)[C@H](CCNC(=O)OC(C)(C)C)C(=N)C(=O)C2CC(c3ccccc3)COC2=O)C(C)O)CCNC(=O)[C@H]([C@H](C)O)C(=N)C(=O)[C@H](CCNC(=O)OC(C)(C)C)NC(=O)[C@H](CCNC(=O)OC(C)(C)C)NC(=O)[C@H](CC(C)C)/C=C(/C)C(=O)[C@@H](Cc2ccccc2)NC1=O. The Labute approximate surface area is 690 Å². The Bertz CT molecular complexity index is 3920. The molecule has 2 aliphatic heterocycles. The summed E-state index contributed by atoms with van der Waals surface area (Å²) in [7, 11) is 0. The number of aliphatic hydroxyl groups is 2. The van der Waals surface area contributed by atoms with Crippen molar-refractivity contribution in [1.29, 1.82) is 10.8 Å². The second-order valence-electron chi connectivity index (χ2n) is 32.9. The second-order valence-corrected chi connectivity index (χ2v) is 32.9. The Balaban J connectivity index is 1.90. The van der Waals surface area contributed by atoms with Crippen LogP contribution in [-0.2, 0) is 82.9 Å². The number of cyclic esters (lactones) is 1. The van der Waals surface area contributed by atoms with E-state index in [0.29, 0.717) is 12.0 Å². The summed E-state index contributed by atoms with van der Waals surface area (Å²) in [5, 5.41) is 69.3. The average Bonchev–Trinajstić information content (AvgIpc) is 0.812. The smallest absolute Gasteiger partial charge is 0.407 e. The lowest BCUT2D eigenvalue weighted by atomic mass is 9.81. The number of alkyl carbamates (subject to hydrolysis) is 3. The fourth-order valence-corrected chi connectivity index (χ4v) is 12.8. The van der Waals surface area contributed by atoms with Crippen LogP contribution in [-0.4, -0.2) is 215 Å². The van der Waals surface area contributed by atoms with Crippen molar-refractivity contribution < 1.29 is 101 Å². The van der Waals surface area contributed by atoms with E-state index in [4.69, 9.17) is 18.9 Å². The van der Waals surface area contributed by atoms with Crippen molar-refractivity contribution in [2.45, 2.75) is 251 Å². The monoisotopic (exact) mass is 1650 g/mol. The number of hydrogen-bond acceptors (Lipinski definition) is 23. The van der Waals surface area contributed by atoms with Gasteiger partial charge in [0.25, 0.3) is 0 Å². The lowest BCUT2D eigenvalue weighted by molar-refractivity contribution is -0.156. The number of amides is 11. The maximum atomic E-state index is 15.2. The fraction of sp³-hybridized carbons (Fsp3) is 0.583. The van der Waals surface area contributed by atoms with Gasteiger partial charge in [0.1, 0.15) is 58.8 Å². The number of allylic oxidation sites excluding steroid dienone is 2. The molecule has 34 heteroatoms. The van der Waals surface area contributed by atoms with Crippen LogP contribution in [0.2, 0.25) is 0 Å². The molecule has 2 aliphatic rings. The summed E-state index contributed by atoms with van der Waals surface area (Å²) in [5.41, 5.74) is -3.66. The van der Waals surface area contributed by atoms with E-state index in [0.717, 1.165) is 19.4 Å². The highest BCUT2D eigenvalue weighted by molar-refractivity contribution is 6.46. The third kappa shape index (κ3) is 34.3. The van der Waals surface area contributed by atoms with Crippen LogP contribution in [0.1, 0.15) is 185 Å².